The molecular weight excluding hydrogens is 252 g/mol. The molecule has 2 aliphatic rings. The average molecular weight is 276 g/mol. The van der Waals surface area contributed by atoms with Crippen LogP contribution in [0.1, 0.15) is 30.9 Å². The van der Waals surface area contributed by atoms with Crippen LogP contribution < -0.4 is 10.1 Å². The summed E-state index contributed by atoms with van der Waals surface area (Å²) in [5.74, 6) is 2.06. The van der Waals surface area contributed by atoms with Crippen LogP contribution in [0.5, 0.6) is 11.5 Å². The molecule has 4 nitrogen and oxygen atoms in total. The van der Waals surface area contributed by atoms with E-state index >= 15 is 0 Å². The van der Waals surface area contributed by atoms with Crippen molar-refractivity contribution in [3.8, 4) is 11.5 Å². The second-order valence-corrected chi connectivity index (χ2v) is 5.91. The van der Waals surface area contributed by atoms with E-state index < -0.39 is 0 Å². The van der Waals surface area contributed by atoms with Gasteiger partial charge in [-0.15, -0.1) is 0 Å². The van der Waals surface area contributed by atoms with Gasteiger partial charge in [0.15, 0.2) is 0 Å². The van der Waals surface area contributed by atoms with E-state index in [1.165, 1.54) is 12.8 Å². The minimum absolute atomic E-state index is 0.319. The van der Waals surface area contributed by atoms with Gasteiger partial charge in [0.1, 0.15) is 11.5 Å². The summed E-state index contributed by atoms with van der Waals surface area (Å²) in [6.45, 7) is 4.17. The molecule has 110 valence electrons. The lowest BCUT2D eigenvalue weighted by atomic mass is 9.97. The molecular formula is C16H24N2O2. The molecule has 4 heteroatoms. The summed E-state index contributed by atoms with van der Waals surface area (Å²) in [6.07, 6.45) is 3.83. The number of nitrogens with one attached hydrogen (secondary N) is 1. The molecule has 1 aliphatic carbocycles. The van der Waals surface area contributed by atoms with Crippen LogP contribution in [0.4, 0.5) is 0 Å². The van der Waals surface area contributed by atoms with Crippen molar-refractivity contribution in [2.24, 2.45) is 5.92 Å². The summed E-state index contributed by atoms with van der Waals surface area (Å²) in [7, 11) is 1.68. The second kappa shape index (κ2) is 6.02. The van der Waals surface area contributed by atoms with Crippen molar-refractivity contribution in [2.75, 3.05) is 33.3 Å². The van der Waals surface area contributed by atoms with E-state index in [0.717, 1.165) is 49.8 Å². The van der Waals surface area contributed by atoms with Crippen molar-refractivity contribution < 1.29 is 9.84 Å². The first kappa shape index (κ1) is 13.7. The van der Waals surface area contributed by atoms with E-state index in [-0.39, 0.29) is 0 Å². The number of piperazine rings is 1. The van der Waals surface area contributed by atoms with Crippen LogP contribution in [0.2, 0.25) is 0 Å². The van der Waals surface area contributed by atoms with Crippen LogP contribution in [-0.4, -0.2) is 43.3 Å². The van der Waals surface area contributed by atoms with Crippen molar-refractivity contribution in [1.82, 2.24) is 10.2 Å². The highest BCUT2D eigenvalue weighted by molar-refractivity contribution is 5.41. The number of methoxy groups -OCH3 is 1. The molecule has 1 atom stereocenters. The first-order valence-electron chi connectivity index (χ1n) is 7.59. The van der Waals surface area contributed by atoms with Crippen LogP contribution in [0.3, 0.4) is 0 Å². The zero-order chi connectivity index (χ0) is 13.9. The Bertz CT molecular complexity index is 454. The Morgan fingerprint density at radius 1 is 1.35 bits per heavy atom. The lowest BCUT2D eigenvalue weighted by molar-refractivity contribution is 0.158. The van der Waals surface area contributed by atoms with Gasteiger partial charge in [-0.2, -0.15) is 0 Å². The number of ether oxygens (including phenoxy) is 1. The van der Waals surface area contributed by atoms with E-state index in [2.05, 4.69) is 10.2 Å². The summed E-state index contributed by atoms with van der Waals surface area (Å²) in [5, 5.41) is 13.7. The maximum Gasteiger partial charge on any atom is 0.120 e. The van der Waals surface area contributed by atoms with Gasteiger partial charge in [-0.3, -0.25) is 4.90 Å². The fourth-order valence-electron chi connectivity index (χ4n) is 3.06. The number of phenolic OH excluding ortho intramolecular Hbond substituents is 1. The van der Waals surface area contributed by atoms with E-state index in [4.69, 9.17) is 4.74 Å². The Hall–Kier alpha value is -1.26. The smallest absolute Gasteiger partial charge is 0.120 e. The molecule has 0 unspecified atom stereocenters. The Kier molecular flexibility index (Phi) is 4.13. The Labute approximate surface area is 120 Å². The molecule has 20 heavy (non-hydrogen) atoms. The maximum atomic E-state index is 10.3. The topological polar surface area (TPSA) is 44.7 Å². The quantitative estimate of drug-likeness (QED) is 0.865. The lowest BCUT2D eigenvalue weighted by Gasteiger charge is -2.35. The maximum absolute atomic E-state index is 10.3. The number of benzene rings is 1. The molecule has 1 aromatic rings. The van der Waals surface area contributed by atoms with Gasteiger partial charge in [-0.25, -0.2) is 0 Å². The molecule has 0 amide bonds. The van der Waals surface area contributed by atoms with Crippen molar-refractivity contribution in [2.45, 2.75) is 25.3 Å². The third-order valence-electron chi connectivity index (χ3n) is 4.44. The van der Waals surface area contributed by atoms with E-state index in [1.807, 2.05) is 12.1 Å². The fourth-order valence-corrected chi connectivity index (χ4v) is 3.06. The molecule has 1 aromatic carbocycles. The van der Waals surface area contributed by atoms with Crippen molar-refractivity contribution >= 4 is 0 Å². The number of rotatable bonds is 5. The van der Waals surface area contributed by atoms with Gasteiger partial charge in [-0.05, 0) is 30.5 Å². The van der Waals surface area contributed by atoms with Crippen LogP contribution in [0.15, 0.2) is 18.2 Å². The van der Waals surface area contributed by atoms with E-state index in [0.29, 0.717) is 11.8 Å². The van der Waals surface area contributed by atoms with Gasteiger partial charge in [0.05, 0.1) is 7.11 Å². The van der Waals surface area contributed by atoms with Gasteiger partial charge >= 0.3 is 0 Å². The monoisotopic (exact) mass is 276 g/mol. The highest BCUT2D eigenvalue weighted by Gasteiger charge is 2.31. The van der Waals surface area contributed by atoms with Crippen LogP contribution in [0, 0.1) is 5.92 Å². The summed E-state index contributed by atoms with van der Waals surface area (Å²) < 4.78 is 5.33. The fraction of sp³-hybridized carbons (Fsp3) is 0.625. The molecule has 1 saturated heterocycles. The normalized spacial score (nSPS) is 21.6. The minimum atomic E-state index is 0.319. The SMILES string of the molecule is COc1ccc(O)c([C@@H](CC2CC2)N2CCNCC2)c1. The number of aromatic hydroxyl groups is 1. The largest absolute Gasteiger partial charge is 0.508 e. The van der Waals surface area contributed by atoms with Gasteiger partial charge in [0.2, 0.25) is 0 Å². The average Bonchev–Trinajstić information content (AvgIpc) is 3.31. The standard InChI is InChI=1S/C16H24N2O2/c1-20-13-4-5-16(19)14(11-13)15(10-12-2-3-12)18-8-6-17-7-9-18/h4-5,11-12,15,17,19H,2-3,6-10H2,1H3/t15-/m1/s1. The van der Waals surface area contributed by atoms with Crippen LogP contribution in [-0.2, 0) is 0 Å². The molecule has 1 saturated carbocycles. The van der Waals surface area contributed by atoms with E-state index in [9.17, 15) is 5.11 Å². The molecule has 2 fully saturated rings. The third-order valence-corrected chi connectivity index (χ3v) is 4.44. The highest BCUT2D eigenvalue weighted by Crippen LogP contribution is 2.43. The molecule has 0 aromatic heterocycles. The number of nitrogens with zero attached hydrogens (tertiary/aromatic N) is 1. The third kappa shape index (κ3) is 3.07. The zero-order valence-electron chi connectivity index (χ0n) is 12.1. The molecule has 1 heterocycles. The number of phenols is 1. The predicted molar refractivity (Wildman–Crippen MR) is 79.2 cm³/mol. The molecule has 2 N–H and O–H groups in total. The Balaban J connectivity index is 1.86. The molecule has 0 bridgehead atoms. The van der Waals surface area contributed by atoms with Gasteiger partial charge in [-0.1, -0.05) is 12.8 Å². The number of hydrogen-bond donors (Lipinski definition) is 2. The first-order valence-corrected chi connectivity index (χ1v) is 7.59. The van der Waals surface area contributed by atoms with Crippen molar-refractivity contribution in [3.05, 3.63) is 23.8 Å². The first-order chi connectivity index (χ1) is 9.78. The van der Waals surface area contributed by atoms with Gasteiger partial charge in [0, 0.05) is 37.8 Å². The summed E-state index contributed by atoms with van der Waals surface area (Å²) in [6, 6.07) is 5.91. The zero-order valence-corrected chi connectivity index (χ0v) is 12.1. The van der Waals surface area contributed by atoms with Crippen LogP contribution in [0.25, 0.3) is 0 Å². The Morgan fingerprint density at radius 3 is 2.75 bits per heavy atom. The van der Waals surface area contributed by atoms with Crippen molar-refractivity contribution in [3.63, 3.8) is 0 Å². The molecule has 1 aliphatic heterocycles. The van der Waals surface area contributed by atoms with Crippen LogP contribution >= 0.6 is 0 Å². The number of hydrogen-bond acceptors (Lipinski definition) is 4. The van der Waals surface area contributed by atoms with Gasteiger partial charge in [0.25, 0.3) is 0 Å². The Morgan fingerprint density at radius 2 is 2.10 bits per heavy atom. The predicted octanol–water partition coefficient (Wildman–Crippen LogP) is 2.15. The molecule has 0 radical (unpaired) electrons. The van der Waals surface area contributed by atoms with E-state index in [1.54, 1.807) is 13.2 Å². The van der Waals surface area contributed by atoms with Gasteiger partial charge < -0.3 is 15.2 Å². The minimum Gasteiger partial charge on any atom is -0.508 e. The highest BCUT2D eigenvalue weighted by atomic mass is 16.5. The molecule has 0 spiro atoms. The summed E-state index contributed by atoms with van der Waals surface area (Å²) in [5.41, 5.74) is 1.03. The summed E-state index contributed by atoms with van der Waals surface area (Å²) in [4.78, 5) is 2.50. The summed E-state index contributed by atoms with van der Waals surface area (Å²) >= 11 is 0. The lowest BCUT2D eigenvalue weighted by Crippen LogP contribution is -2.45. The second-order valence-electron chi connectivity index (χ2n) is 5.91. The molecule has 3 rings (SSSR count). The van der Waals surface area contributed by atoms with Crippen molar-refractivity contribution in [1.29, 1.82) is 0 Å².